The SMILES string of the molecule is Fc1sc2ccc(C(F)F)cc2c1Br. The van der Waals surface area contributed by atoms with Crippen LogP contribution in [0.4, 0.5) is 13.2 Å². The van der Waals surface area contributed by atoms with Gasteiger partial charge in [0, 0.05) is 15.6 Å². The van der Waals surface area contributed by atoms with Crippen molar-refractivity contribution >= 4 is 37.4 Å². The van der Waals surface area contributed by atoms with Gasteiger partial charge in [0.05, 0.1) is 4.47 Å². The molecule has 0 unspecified atom stereocenters. The van der Waals surface area contributed by atoms with Crippen LogP contribution in [0.5, 0.6) is 0 Å². The van der Waals surface area contributed by atoms with E-state index in [-0.39, 0.29) is 15.2 Å². The van der Waals surface area contributed by atoms with Crippen molar-refractivity contribution in [2.24, 2.45) is 0 Å². The normalized spacial score (nSPS) is 11.5. The topological polar surface area (TPSA) is 0 Å². The first kappa shape index (κ1) is 9.98. The van der Waals surface area contributed by atoms with E-state index in [0.29, 0.717) is 10.1 Å². The number of hydrogen-bond acceptors (Lipinski definition) is 1. The maximum Gasteiger partial charge on any atom is 0.263 e. The van der Waals surface area contributed by atoms with E-state index >= 15 is 0 Å². The zero-order valence-corrected chi connectivity index (χ0v) is 9.13. The quantitative estimate of drug-likeness (QED) is 0.708. The van der Waals surface area contributed by atoms with Gasteiger partial charge in [-0.1, -0.05) is 6.07 Å². The van der Waals surface area contributed by atoms with Gasteiger partial charge in [0.2, 0.25) is 0 Å². The Morgan fingerprint density at radius 3 is 2.64 bits per heavy atom. The lowest BCUT2D eigenvalue weighted by molar-refractivity contribution is 0.151. The Morgan fingerprint density at radius 1 is 1.29 bits per heavy atom. The van der Waals surface area contributed by atoms with Gasteiger partial charge in [-0.2, -0.15) is 4.39 Å². The molecule has 0 aliphatic heterocycles. The van der Waals surface area contributed by atoms with Crippen molar-refractivity contribution in [3.8, 4) is 0 Å². The highest BCUT2D eigenvalue weighted by atomic mass is 79.9. The number of hydrogen-bond donors (Lipinski definition) is 0. The summed E-state index contributed by atoms with van der Waals surface area (Å²) < 4.78 is 38.6. The van der Waals surface area contributed by atoms with Gasteiger partial charge in [-0.05, 0) is 28.1 Å². The third-order valence-electron chi connectivity index (χ3n) is 1.86. The van der Waals surface area contributed by atoms with Gasteiger partial charge in [-0.25, -0.2) is 8.78 Å². The second kappa shape index (κ2) is 3.55. The summed E-state index contributed by atoms with van der Waals surface area (Å²) >= 11 is 3.97. The predicted molar refractivity (Wildman–Crippen MR) is 54.4 cm³/mol. The predicted octanol–water partition coefficient (Wildman–Crippen LogP) is 4.74. The molecule has 0 amide bonds. The fourth-order valence-corrected chi connectivity index (χ4v) is 2.69. The van der Waals surface area contributed by atoms with E-state index in [9.17, 15) is 13.2 Å². The maximum absolute atomic E-state index is 13.1. The second-order valence-corrected chi connectivity index (χ2v) is 4.54. The molecular formula is C9H4BrF3S. The zero-order chi connectivity index (χ0) is 10.3. The van der Waals surface area contributed by atoms with E-state index in [0.717, 1.165) is 11.3 Å². The summed E-state index contributed by atoms with van der Waals surface area (Å²) in [4.78, 5) is 0. The molecule has 0 fully saturated rings. The van der Waals surface area contributed by atoms with Crippen molar-refractivity contribution in [3.63, 3.8) is 0 Å². The largest absolute Gasteiger partial charge is 0.263 e. The van der Waals surface area contributed by atoms with E-state index in [1.54, 1.807) is 0 Å². The summed E-state index contributed by atoms with van der Waals surface area (Å²) in [5.74, 6) is 0. The Bertz CT molecular complexity index is 478. The number of rotatable bonds is 1. The molecule has 5 heteroatoms. The van der Waals surface area contributed by atoms with Gasteiger partial charge in [-0.3, -0.25) is 0 Å². The van der Waals surface area contributed by atoms with Crippen LogP contribution in [0.3, 0.4) is 0 Å². The molecule has 2 rings (SSSR count). The average molecular weight is 281 g/mol. The van der Waals surface area contributed by atoms with Crippen LogP contribution >= 0.6 is 27.3 Å². The number of thiophene rings is 1. The van der Waals surface area contributed by atoms with Crippen molar-refractivity contribution in [1.29, 1.82) is 0 Å². The smallest absolute Gasteiger partial charge is 0.205 e. The average Bonchev–Trinajstić information content (AvgIpc) is 2.43. The lowest BCUT2D eigenvalue weighted by Gasteiger charge is -1.98. The number of benzene rings is 1. The Kier molecular flexibility index (Phi) is 2.53. The van der Waals surface area contributed by atoms with Crippen molar-refractivity contribution in [3.05, 3.63) is 33.4 Å². The molecule has 0 saturated heterocycles. The highest BCUT2D eigenvalue weighted by Gasteiger charge is 2.13. The van der Waals surface area contributed by atoms with Crippen molar-refractivity contribution in [2.45, 2.75) is 6.43 Å². The molecule has 0 atom stereocenters. The molecule has 0 spiro atoms. The summed E-state index contributed by atoms with van der Waals surface area (Å²) in [6.45, 7) is 0. The van der Waals surface area contributed by atoms with Crippen LogP contribution in [0.15, 0.2) is 22.7 Å². The van der Waals surface area contributed by atoms with Crippen LogP contribution < -0.4 is 0 Å². The molecule has 2 aromatic rings. The monoisotopic (exact) mass is 280 g/mol. The molecule has 0 aliphatic carbocycles. The summed E-state index contributed by atoms with van der Waals surface area (Å²) in [5, 5.41) is 0.122. The molecule has 0 aliphatic rings. The molecule has 1 aromatic heterocycles. The standard InChI is InChI=1S/C9H4BrF3S/c10-7-5-3-4(8(11)12)1-2-6(5)14-9(7)13/h1-3,8H. The molecular weight excluding hydrogens is 277 g/mol. The first-order valence-electron chi connectivity index (χ1n) is 3.75. The van der Waals surface area contributed by atoms with Crippen LogP contribution in [0.1, 0.15) is 12.0 Å². The third kappa shape index (κ3) is 1.54. The van der Waals surface area contributed by atoms with E-state index in [4.69, 9.17) is 0 Å². The van der Waals surface area contributed by atoms with E-state index in [1.807, 2.05) is 0 Å². The summed E-state index contributed by atoms with van der Waals surface area (Å²) in [5.41, 5.74) is -0.0870. The Labute approximate surface area is 90.5 Å². The second-order valence-electron chi connectivity index (χ2n) is 2.75. The summed E-state index contributed by atoms with van der Waals surface area (Å²) in [7, 11) is 0. The van der Waals surface area contributed by atoms with Crippen LogP contribution in [0, 0.1) is 5.13 Å². The fraction of sp³-hybridized carbons (Fsp3) is 0.111. The third-order valence-corrected chi connectivity index (χ3v) is 3.86. The summed E-state index contributed by atoms with van der Waals surface area (Å²) in [6.07, 6.45) is -2.52. The minimum atomic E-state index is -2.52. The first-order valence-corrected chi connectivity index (χ1v) is 5.36. The molecule has 0 N–H and O–H groups in total. The molecule has 1 heterocycles. The number of alkyl halides is 2. The fourth-order valence-electron chi connectivity index (χ4n) is 1.19. The van der Waals surface area contributed by atoms with Crippen LogP contribution in [0.25, 0.3) is 10.1 Å². The lowest BCUT2D eigenvalue weighted by Crippen LogP contribution is -1.81. The van der Waals surface area contributed by atoms with Gasteiger partial charge in [0.25, 0.3) is 6.43 Å². The van der Waals surface area contributed by atoms with Gasteiger partial charge in [-0.15, -0.1) is 11.3 Å². The molecule has 1 aromatic carbocycles. The van der Waals surface area contributed by atoms with Gasteiger partial charge < -0.3 is 0 Å². The van der Waals surface area contributed by atoms with Crippen LogP contribution in [0.2, 0.25) is 0 Å². The maximum atomic E-state index is 13.1. The van der Waals surface area contributed by atoms with E-state index < -0.39 is 6.43 Å². The first-order chi connectivity index (χ1) is 6.59. The molecule has 0 nitrogen and oxygen atoms in total. The highest BCUT2D eigenvalue weighted by molar-refractivity contribution is 9.10. The van der Waals surface area contributed by atoms with Crippen LogP contribution in [-0.2, 0) is 0 Å². The van der Waals surface area contributed by atoms with Crippen molar-refractivity contribution in [2.75, 3.05) is 0 Å². The number of fused-ring (bicyclic) bond motifs is 1. The summed E-state index contributed by atoms with van der Waals surface area (Å²) in [6, 6.07) is 4.13. The Hall–Kier alpha value is -0.550. The minimum absolute atomic E-state index is 0.0870. The lowest BCUT2D eigenvalue weighted by atomic mass is 10.2. The minimum Gasteiger partial charge on any atom is -0.205 e. The molecule has 14 heavy (non-hydrogen) atoms. The van der Waals surface area contributed by atoms with Gasteiger partial charge in [0.15, 0.2) is 5.13 Å². The molecule has 74 valence electrons. The van der Waals surface area contributed by atoms with E-state index in [2.05, 4.69) is 15.9 Å². The van der Waals surface area contributed by atoms with E-state index in [1.165, 1.54) is 18.2 Å². The zero-order valence-electron chi connectivity index (χ0n) is 6.73. The van der Waals surface area contributed by atoms with Crippen molar-refractivity contribution in [1.82, 2.24) is 0 Å². The molecule has 0 saturated carbocycles. The van der Waals surface area contributed by atoms with Gasteiger partial charge in [0.1, 0.15) is 0 Å². The Balaban J connectivity index is 2.69. The molecule has 0 radical (unpaired) electrons. The molecule has 0 bridgehead atoms. The van der Waals surface area contributed by atoms with Crippen LogP contribution in [-0.4, -0.2) is 0 Å². The Morgan fingerprint density at radius 2 is 2.00 bits per heavy atom. The number of halogens is 4. The van der Waals surface area contributed by atoms with Gasteiger partial charge >= 0.3 is 0 Å². The van der Waals surface area contributed by atoms with Crippen molar-refractivity contribution < 1.29 is 13.2 Å². The highest BCUT2D eigenvalue weighted by Crippen LogP contribution is 2.36.